The zero-order chi connectivity index (χ0) is 19.6. The van der Waals surface area contributed by atoms with E-state index in [1.807, 2.05) is 12.1 Å². The highest BCUT2D eigenvalue weighted by Gasteiger charge is 2.33. The van der Waals surface area contributed by atoms with Crippen molar-refractivity contribution in [2.45, 2.75) is 0 Å². The molecule has 1 aliphatic heterocycles. The standard InChI is InChI=1S/C20H17N4O3P/c25-19(14-7-3-1-4-8-14)15-11-12-17-18(13-15)23-28(27,22-17)24-20(26)21-16-9-5-2-6-10-16/h1-13H,(H4,21,22,23,24,26,27). The highest BCUT2D eigenvalue weighted by molar-refractivity contribution is 7.66. The van der Waals surface area contributed by atoms with E-state index >= 15 is 0 Å². The second-order valence-corrected chi connectivity index (χ2v) is 8.11. The maximum absolute atomic E-state index is 12.9. The summed E-state index contributed by atoms with van der Waals surface area (Å²) in [4.78, 5) is 24.7. The van der Waals surface area contributed by atoms with Crippen molar-refractivity contribution in [1.29, 1.82) is 0 Å². The van der Waals surface area contributed by atoms with E-state index in [1.165, 1.54) is 0 Å². The molecular weight excluding hydrogens is 375 g/mol. The zero-order valence-electron chi connectivity index (χ0n) is 14.7. The number of hydrogen-bond donors (Lipinski definition) is 4. The predicted molar refractivity (Wildman–Crippen MR) is 110 cm³/mol. The van der Waals surface area contributed by atoms with Gasteiger partial charge >= 0.3 is 13.6 Å². The van der Waals surface area contributed by atoms with Crippen molar-refractivity contribution < 1.29 is 14.2 Å². The van der Waals surface area contributed by atoms with Crippen LogP contribution in [-0.4, -0.2) is 11.8 Å². The molecule has 0 fully saturated rings. The van der Waals surface area contributed by atoms with Crippen LogP contribution in [-0.2, 0) is 4.57 Å². The van der Waals surface area contributed by atoms with Crippen LogP contribution in [0.2, 0.25) is 0 Å². The molecule has 2 amide bonds. The van der Waals surface area contributed by atoms with Crippen LogP contribution in [0.4, 0.5) is 21.9 Å². The molecular formula is C20H17N4O3P. The van der Waals surface area contributed by atoms with Crippen LogP contribution in [0.15, 0.2) is 78.9 Å². The Labute approximate surface area is 161 Å². The number of urea groups is 1. The smallest absolute Gasteiger partial charge is 0.308 e. The van der Waals surface area contributed by atoms with Crippen molar-refractivity contribution in [3.63, 3.8) is 0 Å². The Morgan fingerprint density at radius 3 is 2.11 bits per heavy atom. The average Bonchev–Trinajstić information content (AvgIpc) is 3.03. The summed E-state index contributed by atoms with van der Waals surface area (Å²) in [5.41, 5.74) is 2.65. The fourth-order valence-corrected chi connectivity index (χ4v) is 4.45. The lowest BCUT2D eigenvalue weighted by Gasteiger charge is -2.15. The molecule has 0 aromatic heterocycles. The fourth-order valence-electron chi connectivity index (χ4n) is 2.88. The third kappa shape index (κ3) is 3.75. The van der Waals surface area contributed by atoms with Gasteiger partial charge in [-0.1, -0.05) is 48.5 Å². The van der Waals surface area contributed by atoms with Crippen LogP contribution >= 0.6 is 7.59 Å². The third-order valence-corrected chi connectivity index (χ3v) is 5.79. The van der Waals surface area contributed by atoms with Gasteiger partial charge in [-0.2, -0.15) is 0 Å². The molecule has 8 heteroatoms. The monoisotopic (exact) mass is 392 g/mol. The van der Waals surface area contributed by atoms with Gasteiger partial charge in [0.25, 0.3) is 0 Å². The Kier molecular flexibility index (Phi) is 4.59. The van der Waals surface area contributed by atoms with E-state index in [2.05, 4.69) is 20.6 Å². The molecule has 0 saturated heterocycles. The van der Waals surface area contributed by atoms with Crippen molar-refractivity contribution in [1.82, 2.24) is 5.09 Å². The molecule has 28 heavy (non-hydrogen) atoms. The van der Waals surface area contributed by atoms with Gasteiger partial charge in [-0.3, -0.25) is 14.4 Å². The van der Waals surface area contributed by atoms with Gasteiger partial charge in [-0.25, -0.2) is 4.79 Å². The minimum atomic E-state index is -3.44. The summed E-state index contributed by atoms with van der Waals surface area (Å²) >= 11 is 0. The molecule has 4 rings (SSSR count). The van der Waals surface area contributed by atoms with Crippen molar-refractivity contribution in [2.75, 3.05) is 15.5 Å². The molecule has 0 bridgehead atoms. The van der Waals surface area contributed by atoms with Gasteiger partial charge < -0.3 is 15.5 Å². The molecule has 0 radical (unpaired) electrons. The number of fused-ring (bicyclic) bond motifs is 1. The van der Waals surface area contributed by atoms with Crippen LogP contribution in [0.1, 0.15) is 15.9 Å². The van der Waals surface area contributed by atoms with E-state index in [-0.39, 0.29) is 5.78 Å². The van der Waals surface area contributed by atoms with Crippen LogP contribution in [0.3, 0.4) is 0 Å². The molecule has 1 aliphatic rings. The summed E-state index contributed by atoms with van der Waals surface area (Å²) in [6, 6.07) is 22.1. The van der Waals surface area contributed by atoms with Gasteiger partial charge in [0.1, 0.15) is 0 Å². The maximum atomic E-state index is 12.9. The van der Waals surface area contributed by atoms with Gasteiger partial charge in [-0.15, -0.1) is 0 Å². The summed E-state index contributed by atoms with van der Waals surface area (Å²) in [5.74, 6) is -0.137. The molecule has 140 valence electrons. The topological polar surface area (TPSA) is 99.3 Å². The summed E-state index contributed by atoms with van der Waals surface area (Å²) < 4.78 is 12.9. The highest BCUT2D eigenvalue weighted by Crippen LogP contribution is 2.51. The van der Waals surface area contributed by atoms with Crippen LogP contribution in [0.25, 0.3) is 0 Å². The maximum Gasteiger partial charge on any atom is 0.356 e. The second-order valence-electron chi connectivity index (χ2n) is 6.22. The lowest BCUT2D eigenvalue weighted by atomic mass is 10.0. The van der Waals surface area contributed by atoms with Crippen molar-refractivity contribution in [2.24, 2.45) is 0 Å². The molecule has 3 aromatic carbocycles. The number of amides is 2. The highest BCUT2D eigenvalue weighted by atomic mass is 31.2. The molecule has 1 unspecified atom stereocenters. The molecule has 0 aliphatic carbocycles. The normalized spacial score (nSPS) is 17.0. The summed E-state index contributed by atoms with van der Waals surface area (Å²) in [6.45, 7) is 0. The first kappa shape index (κ1) is 17.8. The lowest BCUT2D eigenvalue weighted by Crippen LogP contribution is -2.29. The van der Waals surface area contributed by atoms with Crippen LogP contribution in [0, 0.1) is 0 Å². The quantitative estimate of drug-likeness (QED) is 0.382. The van der Waals surface area contributed by atoms with E-state index in [4.69, 9.17) is 0 Å². The van der Waals surface area contributed by atoms with E-state index in [0.29, 0.717) is 28.2 Å². The number of hydrogen-bond acceptors (Lipinski definition) is 3. The Balaban J connectivity index is 1.48. The van der Waals surface area contributed by atoms with Gasteiger partial charge in [0.15, 0.2) is 5.78 Å². The molecule has 4 N–H and O–H groups in total. The molecule has 1 heterocycles. The molecule has 1 atom stereocenters. The number of anilines is 3. The number of nitrogens with one attached hydrogen (secondary N) is 4. The predicted octanol–water partition coefficient (Wildman–Crippen LogP) is 4.68. The lowest BCUT2D eigenvalue weighted by molar-refractivity contribution is 0.103. The number of carbonyl (C=O) groups is 2. The van der Waals surface area contributed by atoms with Crippen LogP contribution < -0.4 is 20.6 Å². The molecule has 0 saturated carbocycles. The first-order chi connectivity index (χ1) is 13.5. The van der Waals surface area contributed by atoms with Gasteiger partial charge in [0.2, 0.25) is 0 Å². The van der Waals surface area contributed by atoms with E-state index in [0.717, 1.165) is 0 Å². The van der Waals surface area contributed by atoms with Crippen LogP contribution in [0.5, 0.6) is 0 Å². The largest absolute Gasteiger partial charge is 0.356 e. The molecule has 0 spiro atoms. The fraction of sp³-hybridized carbons (Fsp3) is 0. The average molecular weight is 392 g/mol. The summed E-state index contributed by atoms with van der Waals surface area (Å²) in [6.07, 6.45) is 0. The van der Waals surface area contributed by atoms with Crippen molar-refractivity contribution in [3.05, 3.63) is 90.0 Å². The van der Waals surface area contributed by atoms with Gasteiger partial charge in [0, 0.05) is 16.8 Å². The van der Waals surface area contributed by atoms with Gasteiger partial charge in [-0.05, 0) is 30.3 Å². The van der Waals surface area contributed by atoms with Gasteiger partial charge in [0.05, 0.1) is 11.4 Å². The van der Waals surface area contributed by atoms with Crippen molar-refractivity contribution in [3.8, 4) is 0 Å². The van der Waals surface area contributed by atoms with E-state index in [9.17, 15) is 14.2 Å². The first-order valence-corrected chi connectivity index (χ1v) is 10.3. The first-order valence-electron chi connectivity index (χ1n) is 8.57. The number of rotatable bonds is 4. The zero-order valence-corrected chi connectivity index (χ0v) is 15.6. The Morgan fingerprint density at radius 1 is 0.750 bits per heavy atom. The Morgan fingerprint density at radius 2 is 1.39 bits per heavy atom. The Bertz CT molecular complexity index is 1090. The minimum Gasteiger partial charge on any atom is -0.308 e. The second kappa shape index (κ2) is 7.21. The number of para-hydroxylation sites is 1. The number of carbonyl (C=O) groups excluding carboxylic acids is 2. The molecule has 7 nitrogen and oxygen atoms in total. The van der Waals surface area contributed by atoms with E-state index < -0.39 is 13.6 Å². The number of benzene rings is 3. The third-order valence-electron chi connectivity index (χ3n) is 4.16. The summed E-state index contributed by atoms with van der Waals surface area (Å²) in [7, 11) is -3.44. The SMILES string of the molecule is O=C(Nc1ccccc1)NP1(=O)Nc2ccc(C(=O)c3ccccc3)cc2N1. The number of ketones is 1. The summed E-state index contributed by atoms with van der Waals surface area (Å²) in [5, 5.41) is 10.6. The van der Waals surface area contributed by atoms with Crippen molar-refractivity contribution >= 4 is 36.5 Å². The minimum absolute atomic E-state index is 0.137. The Hall–Kier alpha value is -3.57. The van der Waals surface area contributed by atoms with E-state index in [1.54, 1.807) is 66.7 Å². The molecule has 3 aromatic rings.